The number of amides is 4. The van der Waals surface area contributed by atoms with Gasteiger partial charge in [0.05, 0.1) is 6.54 Å². The molecule has 1 rings (SSSR count). The number of nitrogens with one attached hydrogen (secondary N) is 4. The molecule has 0 spiro atoms. The van der Waals surface area contributed by atoms with E-state index >= 15 is 0 Å². The van der Waals surface area contributed by atoms with E-state index in [0.29, 0.717) is 6.42 Å². The summed E-state index contributed by atoms with van der Waals surface area (Å²) in [6, 6.07) is 8.13. The van der Waals surface area contributed by atoms with Crippen molar-refractivity contribution in [3.05, 3.63) is 35.9 Å². The van der Waals surface area contributed by atoms with Crippen LogP contribution in [0.15, 0.2) is 30.3 Å². The van der Waals surface area contributed by atoms with Crippen LogP contribution in [-0.4, -0.2) is 48.2 Å². The molecule has 0 bridgehead atoms. The van der Waals surface area contributed by atoms with Crippen LogP contribution >= 0.6 is 0 Å². The predicted molar refractivity (Wildman–Crippen MR) is 99.0 cm³/mol. The highest BCUT2D eigenvalue weighted by molar-refractivity contribution is 5.90. The van der Waals surface area contributed by atoms with E-state index in [4.69, 9.17) is 9.94 Å². The number of rotatable bonds is 10. The molecule has 1 aromatic carbocycles. The van der Waals surface area contributed by atoms with Crippen LogP contribution in [0.2, 0.25) is 0 Å². The Hall–Kier alpha value is -3.14. The van der Waals surface area contributed by atoms with Crippen molar-refractivity contribution in [2.75, 3.05) is 13.1 Å². The number of alkyl carbamates (subject to hydrolysis) is 1. The summed E-state index contributed by atoms with van der Waals surface area (Å²) in [5.74, 6) is -1.84. The summed E-state index contributed by atoms with van der Waals surface area (Å²) in [5, 5.41) is 15.7. The molecule has 0 aliphatic rings. The Morgan fingerprint density at radius 2 is 1.64 bits per heavy atom. The van der Waals surface area contributed by atoms with Gasteiger partial charge in [-0.3, -0.25) is 19.6 Å². The highest BCUT2D eigenvalue weighted by atomic mass is 16.5. The second kappa shape index (κ2) is 12.3. The molecule has 154 valence electrons. The monoisotopic (exact) mass is 394 g/mol. The molecule has 1 aromatic rings. The van der Waals surface area contributed by atoms with E-state index in [1.807, 2.05) is 32.0 Å². The Balaban J connectivity index is 2.28. The van der Waals surface area contributed by atoms with Gasteiger partial charge in [-0.2, -0.15) is 0 Å². The normalized spacial score (nSPS) is 11.3. The van der Waals surface area contributed by atoms with Crippen molar-refractivity contribution in [1.29, 1.82) is 0 Å². The van der Waals surface area contributed by atoms with E-state index in [2.05, 4.69) is 16.0 Å². The molecule has 0 aliphatic heterocycles. The van der Waals surface area contributed by atoms with Gasteiger partial charge in [0.1, 0.15) is 19.2 Å². The topological polar surface area (TPSA) is 146 Å². The molecule has 0 aromatic heterocycles. The third kappa shape index (κ3) is 9.53. The highest BCUT2D eigenvalue weighted by Crippen LogP contribution is 2.04. The number of carbonyl (C=O) groups is 4. The molecule has 28 heavy (non-hydrogen) atoms. The number of benzene rings is 1. The zero-order valence-corrected chi connectivity index (χ0v) is 15.9. The number of hydroxylamine groups is 1. The Morgan fingerprint density at radius 1 is 1.00 bits per heavy atom. The summed E-state index contributed by atoms with van der Waals surface area (Å²) in [5.41, 5.74) is 2.30. The van der Waals surface area contributed by atoms with E-state index < -0.39 is 29.9 Å². The fourth-order valence-corrected chi connectivity index (χ4v) is 2.19. The summed E-state index contributed by atoms with van der Waals surface area (Å²) < 4.78 is 4.95. The van der Waals surface area contributed by atoms with Gasteiger partial charge in [-0.1, -0.05) is 44.2 Å². The molecule has 1 unspecified atom stereocenters. The van der Waals surface area contributed by atoms with Gasteiger partial charge in [0.25, 0.3) is 5.91 Å². The summed E-state index contributed by atoms with van der Waals surface area (Å²) in [6.07, 6.45) is -0.443. The van der Waals surface area contributed by atoms with Gasteiger partial charge in [-0.05, 0) is 17.9 Å². The maximum Gasteiger partial charge on any atom is 0.407 e. The zero-order valence-electron chi connectivity index (χ0n) is 15.9. The third-order valence-corrected chi connectivity index (χ3v) is 3.52. The molecule has 10 nitrogen and oxygen atoms in total. The van der Waals surface area contributed by atoms with E-state index in [-0.39, 0.29) is 25.6 Å². The van der Waals surface area contributed by atoms with Crippen molar-refractivity contribution in [1.82, 2.24) is 21.4 Å². The van der Waals surface area contributed by atoms with Crippen LogP contribution in [0.1, 0.15) is 25.8 Å². The van der Waals surface area contributed by atoms with Gasteiger partial charge in [0.15, 0.2) is 0 Å². The summed E-state index contributed by atoms with van der Waals surface area (Å²) in [4.78, 5) is 46.6. The lowest BCUT2D eigenvalue weighted by molar-refractivity contribution is -0.135. The Kier molecular flexibility index (Phi) is 10.0. The second-order valence-electron chi connectivity index (χ2n) is 6.42. The number of hydrogen-bond donors (Lipinski definition) is 5. The summed E-state index contributed by atoms with van der Waals surface area (Å²) in [7, 11) is 0. The van der Waals surface area contributed by atoms with Crippen molar-refractivity contribution in [3.8, 4) is 0 Å². The molecule has 10 heteroatoms. The second-order valence-corrected chi connectivity index (χ2v) is 6.42. The zero-order chi connectivity index (χ0) is 20.9. The lowest BCUT2D eigenvalue weighted by Gasteiger charge is -2.18. The van der Waals surface area contributed by atoms with Gasteiger partial charge >= 0.3 is 6.09 Å². The molecular weight excluding hydrogens is 368 g/mol. The van der Waals surface area contributed by atoms with Crippen LogP contribution < -0.4 is 21.4 Å². The molecule has 0 saturated carbocycles. The molecule has 0 saturated heterocycles. The number of ether oxygens (including phenoxy) is 1. The van der Waals surface area contributed by atoms with E-state index in [9.17, 15) is 19.2 Å². The number of carbonyl (C=O) groups excluding carboxylic acids is 4. The van der Waals surface area contributed by atoms with Crippen LogP contribution in [0.5, 0.6) is 0 Å². The summed E-state index contributed by atoms with van der Waals surface area (Å²) >= 11 is 0. The minimum absolute atomic E-state index is 0.0703. The molecular formula is C18H26N4O6. The smallest absolute Gasteiger partial charge is 0.407 e. The third-order valence-electron chi connectivity index (χ3n) is 3.52. The minimum atomic E-state index is -0.916. The Bertz CT molecular complexity index is 665. The van der Waals surface area contributed by atoms with Gasteiger partial charge in [-0.15, -0.1) is 0 Å². The van der Waals surface area contributed by atoms with Crippen LogP contribution in [0.4, 0.5) is 4.79 Å². The first-order valence-corrected chi connectivity index (χ1v) is 8.76. The summed E-state index contributed by atoms with van der Waals surface area (Å²) in [6.45, 7) is 3.03. The van der Waals surface area contributed by atoms with Gasteiger partial charge in [-0.25, -0.2) is 10.3 Å². The fourth-order valence-electron chi connectivity index (χ4n) is 2.19. The molecule has 0 radical (unpaired) electrons. The largest absolute Gasteiger partial charge is 0.445 e. The van der Waals surface area contributed by atoms with E-state index in [1.54, 1.807) is 12.1 Å². The molecule has 0 aliphatic carbocycles. The van der Waals surface area contributed by atoms with Gasteiger partial charge in [0, 0.05) is 0 Å². The van der Waals surface area contributed by atoms with Crippen molar-refractivity contribution in [3.63, 3.8) is 0 Å². The highest BCUT2D eigenvalue weighted by Gasteiger charge is 2.21. The van der Waals surface area contributed by atoms with Gasteiger partial charge in [0.2, 0.25) is 11.8 Å². The Labute approximate surface area is 163 Å². The van der Waals surface area contributed by atoms with Crippen LogP contribution in [0.3, 0.4) is 0 Å². The maximum absolute atomic E-state index is 11.9. The van der Waals surface area contributed by atoms with Crippen molar-refractivity contribution < 1.29 is 29.1 Å². The predicted octanol–water partition coefficient (Wildman–Crippen LogP) is 0.0653. The molecule has 0 heterocycles. The SMILES string of the molecule is CC(C)CC(NC(=O)CNC(=O)CNC(=O)OCc1ccccc1)C(=O)NO. The fraction of sp³-hybridized carbons (Fsp3) is 0.444. The minimum Gasteiger partial charge on any atom is -0.445 e. The lowest BCUT2D eigenvalue weighted by atomic mass is 10.0. The van der Waals surface area contributed by atoms with Gasteiger partial charge < -0.3 is 20.7 Å². The first-order valence-electron chi connectivity index (χ1n) is 8.76. The molecule has 1 atom stereocenters. The maximum atomic E-state index is 11.9. The standard InChI is InChI=1S/C18H26N4O6/c1-12(2)8-14(17(25)22-27)21-16(24)10-19-15(23)9-20-18(26)28-11-13-6-4-3-5-7-13/h3-7,12,14,27H,8-11H2,1-2H3,(H,19,23)(H,20,26)(H,21,24)(H,22,25). The Morgan fingerprint density at radius 3 is 2.25 bits per heavy atom. The van der Waals surface area contributed by atoms with Crippen molar-refractivity contribution in [2.45, 2.75) is 32.9 Å². The van der Waals surface area contributed by atoms with Crippen molar-refractivity contribution in [2.24, 2.45) is 5.92 Å². The van der Waals surface area contributed by atoms with E-state index in [0.717, 1.165) is 5.56 Å². The first-order chi connectivity index (χ1) is 13.3. The van der Waals surface area contributed by atoms with Crippen LogP contribution in [0.25, 0.3) is 0 Å². The van der Waals surface area contributed by atoms with E-state index in [1.165, 1.54) is 5.48 Å². The average molecular weight is 394 g/mol. The molecule has 4 amide bonds. The van der Waals surface area contributed by atoms with Crippen LogP contribution in [-0.2, 0) is 25.7 Å². The van der Waals surface area contributed by atoms with Crippen LogP contribution in [0, 0.1) is 5.92 Å². The lowest BCUT2D eigenvalue weighted by Crippen LogP contribution is -2.50. The van der Waals surface area contributed by atoms with Crippen molar-refractivity contribution >= 4 is 23.8 Å². The quantitative estimate of drug-likeness (QED) is 0.280. The molecule has 5 N–H and O–H groups in total. The molecule has 0 fully saturated rings. The average Bonchev–Trinajstić information content (AvgIpc) is 2.68. The first kappa shape index (κ1) is 22.9. The number of hydrogen-bond acceptors (Lipinski definition) is 6.